The van der Waals surface area contributed by atoms with Gasteiger partial charge in [0.2, 0.25) is 0 Å². The van der Waals surface area contributed by atoms with Crippen molar-refractivity contribution in [1.29, 1.82) is 0 Å². The van der Waals surface area contributed by atoms with E-state index in [0.29, 0.717) is 5.69 Å². The van der Waals surface area contributed by atoms with Crippen LogP contribution >= 0.6 is 0 Å². The maximum Gasteiger partial charge on any atom is 0.357 e. The SMILES string of the molecule is CN1CCN(C2Oc3ccc(NS(=O)(=O)O)cc3C2(C)C)CC1. The van der Waals surface area contributed by atoms with E-state index in [1.54, 1.807) is 18.2 Å². The lowest BCUT2D eigenvalue weighted by atomic mass is 9.83. The maximum absolute atomic E-state index is 11.0. The van der Waals surface area contributed by atoms with Crippen molar-refractivity contribution in [2.45, 2.75) is 25.5 Å². The Balaban J connectivity index is 1.86. The minimum atomic E-state index is -4.28. The Bertz CT molecular complexity index is 697. The number of hydrogen-bond acceptors (Lipinski definition) is 5. The number of anilines is 1. The fraction of sp³-hybridized carbons (Fsp3) is 0.600. The van der Waals surface area contributed by atoms with Gasteiger partial charge in [-0.25, -0.2) is 0 Å². The second-order valence-electron chi connectivity index (χ2n) is 6.82. The quantitative estimate of drug-likeness (QED) is 0.803. The molecule has 2 heterocycles. The Hall–Kier alpha value is -1.35. The molecule has 2 aliphatic rings. The normalized spacial score (nSPS) is 25.0. The van der Waals surface area contributed by atoms with Crippen LogP contribution in [0, 0.1) is 0 Å². The molecule has 0 bridgehead atoms. The van der Waals surface area contributed by atoms with E-state index in [2.05, 4.69) is 35.4 Å². The highest BCUT2D eigenvalue weighted by atomic mass is 32.2. The molecule has 0 aromatic heterocycles. The molecule has 23 heavy (non-hydrogen) atoms. The highest BCUT2D eigenvalue weighted by Crippen LogP contribution is 2.45. The van der Waals surface area contributed by atoms with E-state index >= 15 is 0 Å². The minimum Gasteiger partial charge on any atom is -0.474 e. The van der Waals surface area contributed by atoms with Crippen molar-refractivity contribution < 1.29 is 17.7 Å². The summed E-state index contributed by atoms with van der Waals surface area (Å²) in [6.07, 6.45) is -0.0767. The summed E-state index contributed by atoms with van der Waals surface area (Å²) in [6, 6.07) is 5.08. The van der Waals surface area contributed by atoms with Gasteiger partial charge in [-0.15, -0.1) is 0 Å². The standard InChI is InChI=1S/C15H23N3O4S/c1-15(2)12-10-11(16-23(19,20)21)4-5-13(12)22-14(15)18-8-6-17(3)7-9-18/h4-5,10,14,16H,6-9H2,1-3H3,(H,19,20,21). The van der Waals surface area contributed by atoms with Crippen LogP contribution in [0.2, 0.25) is 0 Å². The Morgan fingerprint density at radius 3 is 2.52 bits per heavy atom. The summed E-state index contributed by atoms with van der Waals surface area (Å²) in [6.45, 7) is 8.07. The van der Waals surface area contributed by atoms with Crippen molar-refractivity contribution >= 4 is 16.0 Å². The summed E-state index contributed by atoms with van der Waals surface area (Å²) in [4.78, 5) is 4.62. The summed E-state index contributed by atoms with van der Waals surface area (Å²) in [5, 5.41) is 0. The van der Waals surface area contributed by atoms with Crippen LogP contribution in [0.3, 0.4) is 0 Å². The van der Waals surface area contributed by atoms with E-state index in [1.165, 1.54) is 0 Å². The van der Waals surface area contributed by atoms with Gasteiger partial charge in [0.25, 0.3) is 0 Å². The third kappa shape index (κ3) is 3.30. The van der Waals surface area contributed by atoms with Crippen molar-refractivity contribution in [1.82, 2.24) is 9.80 Å². The lowest BCUT2D eigenvalue weighted by molar-refractivity contribution is -0.0257. The highest BCUT2D eigenvalue weighted by Gasteiger charge is 2.45. The van der Waals surface area contributed by atoms with E-state index in [-0.39, 0.29) is 11.6 Å². The van der Waals surface area contributed by atoms with Gasteiger partial charge in [-0.2, -0.15) is 8.42 Å². The molecule has 8 heteroatoms. The molecule has 1 atom stereocenters. The van der Waals surface area contributed by atoms with Gasteiger partial charge in [0.1, 0.15) is 5.75 Å². The number of ether oxygens (including phenoxy) is 1. The van der Waals surface area contributed by atoms with Gasteiger partial charge in [0.15, 0.2) is 6.23 Å². The molecule has 128 valence electrons. The highest BCUT2D eigenvalue weighted by molar-refractivity contribution is 7.87. The van der Waals surface area contributed by atoms with Crippen LogP contribution in [0.4, 0.5) is 5.69 Å². The predicted octanol–water partition coefficient (Wildman–Crippen LogP) is 1.14. The van der Waals surface area contributed by atoms with Crippen LogP contribution < -0.4 is 9.46 Å². The molecule has 1 saturated heterocycles. The Labute approximate surface area is 137 Å². The van der Waals surface area contributed by atoms with Crippen molar-refractivity contribution in [2.24, 2.45) is 0 Å². The number of piperazine rings is 1. The van der Waals surface area contributed by atoms with Gasteiger partial charge in [-0.1, -0.05) is 13.8 Å². The molecule has 1 aromatic rings. The predicted molar refractivity (Wildman–Crippen MR) is 88.1 cm³/mol. The zero-order valence-corrected chi connectivity index (χ0v) is 14.4. The number of nitrogens with zero attached hydrogens (tertiary/aromatic N) is 2. The van der Waals surface area contributed by atoms with Crippen LogP contribution in [-0.2, 0) is 15.7 Å². The molecule has 2 N–H and O–H groups in total. The number of rotatable bonds is 3. The van der Waals surface area contributed by atoms with Gasteiger partial charge in [-0.05, 0) is 25.2 Å². The number of nitrogens with one attached hydrogen (secondary N) is 1. The number of likely N-dealkylation sites (N-methyl/N-ethyl adjacent to an activating group) is 1. The van der Waals surface area contributed by atoms with Gasteiger partial charge in [0, 0.05) is 37.2 Å². The second kappa shape index (κ2) is 5.62. The molecule has 0 radical (unpaired) electrons. The van der Waals surface area contributed by atoms with Crippen LogP contribution in [-0.4, -0.2) is 62.2 Å². The minimum absolute atomic E-state index is 0.0767. The smallest absolute Gasteiger partial charge is 0.357 e. The van der Waals surface area contributed by atoms with Gasteiger partial charge in [-0.3, -0.25) is 14.2 Å². The maximum atomic E-state index is 11.0. The zero-order chi connectivity index (χ0) is 16.8. The molecule has 0 amide bonds. The molecule has 1 aromatic carbocycles. The topological polar surface area (TPSA) is 82.1 Å². The van der Waals surface area contributed by atoms with E-state index < -0.39 is 10.3 Å². The second-order valence-corrected chi connectivity index (χ2v) is 7.97. The van der Waals surface area contributed by atoms with Gasteiger partial charge in [0.05, 0.1) is 5.69 Å². The first-order valence-corrected chi connectivity index (χ1v) is 9.10. The fourth-order valence-electron chi connectivity index (χ4n) is 3.34. The molecular weight excluding hydrogens is 318 g/mol. The van der Waals surface area contributed by atoms with Crippen molar-refractivity contribution in [2.75, 3.05) is 37.9 Å². The fourth-order valence-corrected chi connectivity index (χ4v) is 3.76. The first-order valence-electron chi connectivity index (χ1n) is 7.66. The average Bonchev–Trinajstić information content (AvgIpc) is 2.70. The molecule has 0 aliphatic carbocycles. The third-order valence-corrected chi connectivity index (χ3v) is 5.14. The first-order chi connectivity index (χ1) is 10.7. The van der Waals surface area contributed by atoms with E-state index in [1.807, 2.05) is 0 Å². The number of benzene rings is 1. The Morgan fingerprint density at radius 1 is 1.26 bits per heavy atom. The molecule has 0 spiro atoms. The molecule has 1 unspecified atom stereocenters. The first kappa shape index (κ1) is 16.5. The van der Waals surface area contributed by atoms with E-state index in [9.17, 15) is 8.42 Å². The van der Waals surface area contributed by atoms with Gasteiger partial charge >= 0.3 is 10.3 Å². The third-order valence-electron chi connectivity index (χ3n) is 4.65. The molecule has 3 rings (SSSR count). The van der Waals surface area contributed by atoms with Crippen LogP contribution in [0.5, 0.6) is 5.75 Å². The van der Waals surface area contributed by atoms with Crippen molar-refractivity contribution in [3.05, 3.63) is 23.8 Å². The average molecular weight is 341 g/mol. The number of hydrogen-bond donors (Lipinski definition) is 2. The summed E-state index contributed by atoms with van der Waals surface area (Å²) in [5.41, 5.74) is 0.999. The largest absolute Gasteiger partial charge is 0.474 e. The lowest BCUT2D eigenvalue weighted by Gasteiger charge is -2.40. The molecule has 2 aliphatic heterocycles. The van der Waals surface area contributed by atoms with Crippen LogP contribution in [0.1, 0.15) is 19.4 Å². The summed E-state index contributed by atoms with van der Waals surface area (Å²) in [7, 11) is -2.17. The van der Waals surface area contributed by atoms with Gasteiger partial charge < -0.3 is 9.64 Å². The monoisotopic (exact) mass is 341 g/mol. The van der Waals surface area contributed by atoms with Crippen molar-refractivity contribution in [3.8, 4) is 5.75 Å². The Kier molecular flexibility index (Phi) is 4.04. The summed E-state index contributed by atoms with van der Waals surface area (Å²) in [5.74, 6) is 0.764. The van der Waals surface area contributed by atoms with Crippen LogP contribution in [0.15, 0.2) is 18.2 Å². The molecule has 0 saturated carbocycles. The lowest BCUT2D eigenvalue weighted by Crippen LogP contribution is -2.55. The summed E-state index contributed by atoms with van der Waals surface area (Å²) < 4.78 is 39.2. The molecule has 1 fully saturated rings. The number of fused-ring (bicyclic) bond motifs is 1. The zero-order valence-electron chi connectivity index (χ0n) is 13.6. The summed E-state index contributed by atoms with van der Waals surface area (Å²) >= 11 is 0. The van der Waals surface area contributed by atoms with E-state index in [0.717, 1.165) is 37.5 Å². The van der Waals surface area contributed by atoms with E-state index in [4.69, 9.17) is 9.29 Å². The Morgan fingerprint density at radius 2 is 1.91 bits per heavy atom. The van der Waals surface area contributed by atoms with Crippen LogP contribution in [0.25, 0.3) is 0 Å². The molecule has 7 nitrogen and oxygen atoms in total. The van der Waals surface area contributed by atoms with Crippen molar-refractivity contribution in [3.63, 3.8) is 0 Å². The molecular formula is C15H23N3O4S.